The SMILES string of the molecule is NC1CCN(CCOC2CC=CC3=C2OCCO3)C1. The number of allylic oxidation sites excluding steroid dienone is 1. The van der Waals surface area contributed by atoms with E-state index >= 15 is 0 Å². The van der Waals surface area contributed by atoms with Gasteiger partial charge < -0.3 is 19.9 Å². The van der Waals surface area contributed by atoms with Crippen molar-refractivity contribution in [2.45, 2.75) is 25.0 Å². The highest BCUT2D eigenvalue weighted by atomic mass is 16.6. The van der Waals surface area contributed by atoms with Crippen molar-refractivity contribution in [1.29, 1.82) is 0 Å². The summed E-state index contributed by atoms with van der Waals surface area (Å²) < 4.78 is 17.2. The fourth-order valence-corrected chi connectivity index (χ4v) is 2.77. The number of hydrogen-bond donors (Lipinski definition) is 1. The largest absolute Gasteiger partial charge is 0.488 e. The zero-order valence-corrected chi connectivity index (χ0v) is 11.2. The van der Waals surface area contributed by atoms with E-state index in [0.717, 1.165) is 44.0 Å². The van der Waals surface area contributed by atoms with Gasteiger partial charge in [0.25, 0.3) is 0 Å². The van der Waals surface area contributed by atoms with Crippen LogP contribution in [0.1, 0.15) is 12.8 Å². The monoisotopic (exact) mass is 266 g/mol. The van der Waals surface area contributed by atoms with Gasteiger partial charge in [-0.3, -0.25) is 4.90 Å². The van der Waals surface area contributed by atoms with Gasteiger partial charge in [0.05, 0.1) is 6.61 Å². The summed E-state index contributed by atoms with van der Waals surface area (Å²) in [6.45, 7) is 4.97. The first-order valence-corrected chi connectivity index (χ1v) is 7.09. The molecule has 106 valence electrons. The number of ether oxygens (including phenoxy) is 3. The molecule has 5 nitrogen and oxygen atoms in total. The molecule has 19 heavy (non-hydrogen) atoms. The van der Waals surface area contributed by atoms with Crippen molar-refractivity contribution >= 4 is 0 Å². The fourth-order valence-electron chi connectivity index (χ4n) is 2.77. The lowest BCUT2D eigenvalue weighted by Gasteiger charge is -2.29. The second kappa shape index (κ2) is 5.94. The first-order chi connectivity index (χ1) is 9.33. The average molecular weight is 266 g/mol. The third kappa shape index (κ3) is 3.11. The van der Waals surface area contributed by atoms with Crippen LogP contribution in [0.25, 0.3) is 0 Å². The van der Waals surface area contributed by atoms with E-state index in [-0.39, 0.29) is 6.10 Å². The molecule has 0 amide bonds. The summed E-state index contributed by atoms with van der Waals surface area (Å²) in [6, 6.07) is 0.335. The lowest BCUT2D eigenvalue weighted by Crippen LogP contribution is -2.32. The van der Waals surface area contributed by atoms with Crippen LogP contribution in [0.15, 0.2) is 23.7 Å². The van der Waals surface area contributed by atoms with E-state index in [1.54, 1.807) is 0 Å². The molecule has 1 fully saturated rings. The number of likely N-dealkylation sites (tertiary alicyclic amines) is 1. The van der Waals surface area contributed by atoms with Crippen molar-refractivity contribution in [2.75, 3.05) is 39.5 Å². The highest BCUT2D eigenvalue weighted by molar-refractivity contribution is 5.25. The number of rotatable bonds is 4. The van der Waals surface area contributed by atoms with Crippen LogP contribution in [-0.2, 0) is 14.2 Å². The lowest BCUT2D eigenvalue weighted by molar-refractivity contribution is -0.0153. The van der Waals surface area contributed by atoms with Crippen molar-refractivity contribution in [1.82, 2.24) is 4.90 Å². The molecule has 2 heterocycles. The van der Waals surface area contributed by atoms with Crippen molar-refractivity contribution in [3.8, 4) is 0 Å². The van der Waals surface area contributed by atoms with E-state index < -0.39 is 0 Å². The first-order valence-electron chi connectivity index (χ1n) is 7.09. The second-order valence-electron chi connectivity index (χ2n) is 5.27. The van der Waals surface area contributed by atoms with Crippen molar-refractivity contribution in [3.05, 3.63) is 23.7 Å². The van der Waals surface area contributed by atoms with Gasteiger partial charge in [-0.1, -0.05) is 6.08 Å². The zero-order valence-electron chi connectivity index (χ0n) is 11.2. The maximum Gasteiger partial charge on any atom is 0.167 e. The molecule has 0 aromatic carbocycles. The van der Waals surface area contributed by atoms with E-state index in [1.165, 1.54) is 0 Å². The van der Waals surface area contributed by atoms with Crippen molar-refractivity contribution < 1.29 is 14.2 Å². The molecule has 0 aromatic heterocycles. The molecule has 0 radical (unpaired) electrons. The molecular weight excluding hydrogens is 244 g/mol. The van der Waals surface area contributed by atoms with Crippen LogP contribution in [0.3, 0.4) is 0 Å². The Balaban J connectivity index is 1.47. The Morgan fingerprint density at radius 2 is 2.26 bits per heavy atom. The third-order valence-electron chi connectivity index (χ3n) is 3.79. The summed E-state index contributed by atoms with van der Waals surface area (Å²) in [7, 11) is 0. The van der Waals surface area contributed by atoms with Crippen molar-refractivity contribution in [3.63, 3.8) is 0 Å². The Bertz CT molecular complexity index is 381. The minimum atomic E-state index is 0.0107. The Morgan fingerprint density at radius 1 is 1.37 bits per heavy atom. The van der Waals surface area contributed by atoms with Crippen LogP contribution in [-0.4, -0.2) is 56.5 Å². The zero-order chi connectivity index (χ0) is 13.1. The quantitative estimate of drug-likeness (QED) is 0.808. The molecule has 1 aliphatic carbocycles. The molecule has 2 unspecified atom stereocenters. The number of nitrogens with two attached hydrogens (primary N) is 1. The van der Waals surface area contributed by atoms with Gasteiger partial charge in [0.2, 0.25) is 0 Å². The Labute approximate surface area is 114 Å². The van der Waals surface area contributed by atoms with Gasteiger partial charge in [0.15, 0.2) is 11.5 Å². The fraction of sp³-hybridized carbons (Fsp3) is 0.714. The Hall–Kier alpha value is -1.04. The molecule has 0 aromatic rings. The molecule has 2 atom stereocenters. The van der Waals surface area contributed by atoms with Gasteiger partial charge in [0.1, 0.15) is 19.3 Å². The normalized spacial score (nSPS) is 31.0. The van der Waals surface area contributed by atoms with Crippen molar-refractivity contribution in [2.24, 2.45) is 5.73 Å². The predicted molar refractivity (Wildman–Crippen MR) is 71.5 cm³/mol. The van der Waals surface area contributed by atoms with Gasteiger partial charge in [-0.25, -0.2) is 0 Å². The maximum absolute atomic E-state index is 5.95. The first kappa shape index (κ1) is 13.0. The van der Waals surface area contributed by atoms with Gasteiger partial charge in [-0.2, -0.15) is 0 Å². The molecule has 3 rings (SSSR count). The third-order valence-corrected chi connectivity index (χ3v) is 3.79. The van der Waals surface area contributed by atoms with Crippen LogP contribution in [0.5, 0.6) is 0 Å². The minimum Gasteiger partial charge on any atom is -0.488 e. The summed E-state index contributed by atoms with van der Waals surface area (Å²) in [5, 5.41) is 0. The predicted octanol–water partition coefficient (Wildman–Crippen LogP) is 0.623. The standard InChI is InChI=1S/C14H22N2O3/c15-11-4-5-16(10-11)6-7-17-12-2-1-3-13-14(12)19-9-8-18-13/h1,3,11-12H,2,4-10,15H2. The van der Waals surface area contributed by atoms with E-state index in [4.69, 9.17) is 19.9 Å². The van der Waals surface area contributed by atoms with E-state index in [0.29, 0.717) is 25.9 Å². The van der Waals surface area contributed by atoms with Crippen LogP contribution < -0.4 is 5.73 Å². The summed E-state index contributed by atoms with van der Waals surface area (Å²) in [5.41, 5.74) is 5.89. The molecule has 5 heteroatoms. The number of nitrogens with zero attached hydrogens (tertiary/aromatic N) is 1. The van der Waals surface area contributed by atoms with E-state index in [2.05, 4.69) is 11.0 Å². The van der Waals surface area contributed by atoms with E-state index in [1.807, 2.05) is 6.08 Å². The van der Waals surface area contributed by atoms with Crippen LogP contribution in [0.2, 0.25) is 0 Å². The molecule has 0 saturated carbocycles. The number of hydrogen-bond acceptors (Lipinski definition) is 5. The van der Waals surface area contributed by atoms with Gasteiger partial charge in [0, 0.05) is 19.1 Å². The summed E-state index contributed by atoms with van der Waals surface area (Å²) >= 11 is 0. The molecule has 2 aliphatic heterocycles. The van der Waals surface area contributed by atoms with Gasteiger partial charge >= 0.3 is 0 Å². The minimum absolute atomic E-state index is 0.0107. The maximum atomic E-state index is 5.95. The molecule has 3 aliphatic rings. The molecule has 1 saturated heterocycles. The molecule has 0 bridgehead atoms. The van der Waals surface area contributed by atoms with Gasteiger partial charge in [-0.15, -0.1) is 0 Å². The summed E-state index contributed by atoms with van der Waals surface area (Å²) in [6.07, 6.45) is 6.04. The smallest absolute Gasteiger partial charge is 0.167 e. The summed E-state index contributed by atoms with van der Waals surface area (Å²) in [4.78, 5) is 2.36. The van der Waals surface area contributed by atoms with Crippen LogP contribution in [0, 0.1) is 0 Å². The Morgan fingerprint density at radius 3 is 3.11 bits per heavy atom. The highest BCUT2D eigenvalue weighted by Crippen LogP contribution is 2.26. The van der Waals surface area contributed by atoms with Crippen LogP contribution >= 0.6 is 0 Å². The molecular formula is C14H22N2O3. The second-order valence-corrected chi connectivity index (χ2v) is 5.27. The lowest BCUT2D eigenvalue weighted by atomic mass is 10.1. The Kier molecular flexibility index (Phi) is 4.06. The van der Waals surface area contributed by atoms with E-state index in [9.17, 15) is 0 Å². The van der Waals surface area contributed by atoms with Crippen LogP contribution in [0.4, 0.5) is 0 Å². The highest BCUT2D eigenvalue weighted by Gasteiger charge is 2.26. The topological polar surface area (TPSA) is 57.0 Å². The molecule has 2 N–H and O–H groups in total. The molecule has 0 spiro atoms. The summed E-state index contributed by atoms with van der Waals surface area (Å²) in [5.74, 6) is 1.71. The average Bonchev–Trinajstić information content (AvgIpc) is 2.85. The van der Waals surface area contributed by atoms with Gasteiger partial charge in [-0.05, 0) is 25.5 Å².